The third-order valence-electron chi connectivity index (χ3n) is 0.911. The minimum absolute atomic E-state index is 0.993. The maximum Gasteiger partial charge on any atom is 0.236 e. The molecular formula is C9H11NO2S. The molecule has 0 radical (unpaired) electrons. The summed E-state index contributed by atoms with van der Waals surface area (Å²) in [5.74, 6) is 0. The van der Waals surface area contributed by atoms with Gasteiger partial charge in [-0.1, -0.05) is 42.8 Å². The van der Waals surface area contributed by atoms with Crippen molar-refractivity contribution in [1.29, 1.82) is 0 Å². The van der Waals surface area contributed by atoms with Crippen LogP contribution in [0.25, 0.3) is 0 Å². The Morgan fingerprint density at radius 2 is 1.38 bits per heavy atom. The van der Waals surface area contributed by atoms with E-state index < -0.39 is 10.0 Å². The first kappa shape index (κ1) is 11.5. The third kappa shape index (κ3) is 10.5. The molecule has 0 heterocycles. The van der Waals surface area contributed by atoms with Crippen LogP contribution in [0.5, 0.6) is 0 Å². The minimum Gasteiger partial charge on any atom is -0.242 e. The zero-order chi connectivity index (χ0) is 10.2. The molecule has 0 amide bonds. The van der Waals surface area contributed by atoms with Gasteiger partial charge in [0.05, 0.1) is 6.26 Å². The molecule has 1 aromatic rings. The van der Waals surface area contributed by atoms with Crippen LogP contribution in [0, 0.1) is 12.5 Å². The fourth-order valence-electron chi connectivity index (χ4n) is 0.492. The first-order valence-electron chi connectivity index (χ1n) is 3.48. The van der Waals surface area contributed by atoms with Gasteiger partial charge in [-0.05, 0) is 0 Å². The first-order valence-corrected chi connectivity index (χ1v) is 5.38. The molecule has 1 N–H and O–H groups in total. The molecule has 0 atom stereocenters. The lowest BCUT2D eigenvalue weighted by atomic mass is 10.4. The molecule has 13 heavy (non-hydrogen) atoms. The Hall–Kier alpha value is -1.47. The molecule has 0 spiro atoms. The summed E-state index contributed by atoms with van der Waals surface area (Å²) in [6.07, 6.45) is 5.57. The number of hydrogen-bond acceptors (Lipinski definition) is 2. The van der Waals surface area contributed by atoms with Crippen LogP contribution in [0.2, 0.25) is 0 Å². The van der Waals surface area contributed by atoms with Crippen LogP contribution in [0.4, 0.5) is 0 Å². The molecule has 1 rings (SSSR count). The summed E-state index contributed by atoms with van der Waals surface area (Å²) < 4.78 is 21.7. The van der Waals surface area contributed by atoms with Gasteiger partial charge in [-0.15, -0.1) is 0 Å². The van der Waals surface area contributed by atoms with Crippen LogP contribution in [0.1, 0.15) is 0 Å². The molecule has 0 fully saturated rings. The van der Waals surface area contributed by atoms with Gasteiger partial charge >= 0.3 is 0 Å². The maximum absolute atomic E-state index is 9.98. The SMILES string of the molecule is C#CNS(C)(=O)=O.c1ccccc1. The van der Waals surface area contributed by atoms with E-state index in [1.807, 2.05) is 36.4 Å². The lowest BCUT2D eigenvalue weighted by Gasteiger charge is -1.86. The lowest BCUT2D eigenvalue weighted by Crippen LogP contribution is -2.14. The quantitative estimate of drug-likeness (QED) is 0.535. The number of nitrogens with one attached hydrogen (secondary N) is 1. The Labute approximate surface area is 78.8 Å². The Bertz CT molecular complexity index is 324. The van der Waals surface area contributed by atoms with Crippen LogP contribution in [-0.2, 0) is 10.0 Å². The third-order valence-corrected chi connectivity index (χ3v) is 1.40. The summed E-state index contributed by atoms with van der Waals surface area (Å²) in [5, 5.41) is 0. The van der Waals surface area contributed by atoms with Gasteiger partial charge < -0.3 is 0 Å². The van der Waals surface area contributed by atoms with Crippen molar-refractivity contribution in [3.05, 3.63) is 36.4 Å². The van der Waals surface area contributed by atoms with Crippen LogP contribution >= 0.6 is 0 Å². The second kappa shape index (κ2) is 6.09. The Kier molecular flexibility index (Phi) is 5.40. The average molecular weight is 197 g/mol. The van der Waals surface area contributed by atoms with Crippen molar-refractivity contribution < 1.29 is 8.42 Å². The summed E-state index contributed by atoms with van der Waals surface area (Å²) in [6, 6.07) is 13.8. The van der Waals surface area contributed by atoms with Gasteiger partial charge in [-0.3, -0.25) is 0 Å². The van der Waals surface area contributed by atoms with Crippen molar-refractivity contribution in [3.8, 4) is 12.5 Å². The van der Waals surface area contributed by atoms with Gasteiger partial charge in [0.15, 0.2) is 0 Å². The molecule has 0 saturated carbocycles. The highest BCUT2D eigenvalue weighted by molar-refractivity contribution is 7.88. The highest BCUT2D eigenvalue weighted by atomic mass is 32.2. The first-order chi connectivity index (χ1) is 6.06. The van der Waals surface area contributed by atoms with Gasteiger partial charge in [-0.2, -0.15) is 0 Å². The van der Waals surface area contributed by atoms with Gasteiger partial charge in [0.2, 0.25) is 10.0 Å². The van der Waals surface area contributed by atoms with Gasteiger partial charge in [0, 0.05) is 6.04 Å². The van der Waals surface area contributed by atoms with E-state index in [-0.39, 0.29) is 0 Å². The molecule has 0 aliphatic rings. The van der Waals surface area contributed by atoms with Gasteiger partial charge in [0.25, 0.3) is 0 Å². The monoisotopic (exact) mass is 197 g/mol. The molecule has 3 nitrogen and oxygen atoms in total. The van der Waals surface area contributed by atoms with E-state index in [0.717, 1.165) is 6.26 Å². The predicted octanol–water partition coefficient (Wildman–Crippen LogP) is 0.813. The van der Waals surface area contributed by atoms with E-state index in [1.54, 1.807) is 10.8 Å². The molecule has 0 bridgehead atoms. The van der Waals surface area contributed by atoms with Crippen molar-refractivity contribution in [2.45, 2.75) is 0 Å². The zero-order valence-electron chi connectivity index (χ0n) is 7.27. The number of sulfonamides is 1. The van der Waals surface area contributed by atoms with Crippen molar-refractivity contribution in [3.63, 3.8) is 0 Å². The molecule has 0 aromatic heterocycles. The number of benzene rings is 1. The molecule has 0 saturated heterocycles. The van der Waals surface area contributed by atoms with E-state index in [9.17, 15) is 8.42 Å². The second-order valence-corrected chi connectivity index (χ2v) is 3.92. The minimum atomic E-state index is -3.16. The van der Waals surface area contributed by atoms with Gasteiger partial charge in [0.1, 0.15) is 0 Å². The summed E-state index contributed by atoms with van der Waals surface area (Å²) in [7, 11) is -3.16. The summed E-state index contributed by atoms with van der Waals surface area (Å²) in [4.78, 5) is 0. The molecule has 0 aliphatic heterocycles. The van der Waals surface area contributed by atoms with Crippen LogP contribution in [-0.4, -0.2) is 14.7 Å². The normalized spacial score (nSPS) is 8.92. The highest BCUT2D eigenvalue weighted by Gasteiger charge is 1.90. The van der Waals surface area contributed by atoms with Crippen molar-refractivity contribution >= 4 is 10.0 Å². The van der Waals surface area contributed by atoms with Crippen LogP contribution in [0.15, 0.2) is 36.4 Å². The Morgan fingerprint density at radius 1 is 1.08 bits per heavy atom. The largest absolute Gasteiger partial charge is 0.242 e. The number of rotatable bonds is 1. The second-order valence-electron chi connectivity index (χ2n) is 2.17. The topological polar surface area (TPSA) is 46.2 Å². The molecular weight excluding hydrogens is 186 g/mol. The van der Waals surface area contributed by atoms with E-state index in [2.05, 4.69) is 6.42 Å². The molecule has 4 heteroatoms. The fourth-order valence-corrected chi connectivity index (χ4v) is 0.706. The smallest absolute Gasteiger partial charge is 0.236 e. The average Bonchev–Trinajstić information content (AvgIpc) is 2.06. The fraction of sp³-hybridized carbons (Fsp3) is 0.111. The Balaban J connectivity index is 0.000000223. The highest BCUT2D eigenvalue weighted by Crippen LogP contribution is 1.79. The number of terminal acetylenes is 1. The van der Waals surface area contributed by atoms with E-state index in [4.69, 9.17) is 0 Å². The van der Waals surface area contributed by atoms with Crippen molar-refractivity contribution in [2.24, 2.45) is 0 Å². The van der Waals surface area contributed by atoms with Crippen LogP contribution < -0.4 is 4.72 Å². The summed E-state index contributed by atoms with van der Waals surface area (Å²) in [6.45, 7) is 0. The zero-order valence-corrected chi connectivity index (χ0v) is 8.08. The summed E-state index contributed by atoms with van der Waals surface area (Å²) in [5.41, 5.74) is 0. The van der Waals surface area contributed by atoms with E-state index in [0.29, 0.717) is 0 Å². The molecule has 70 valence electrons. The predicted molar refractivity (Wildman–Crippen MR) is 53.3 cm³/mol. The molecule has 0 aliphatic carbocycles. The summed E-state index contributed by atoms with van der Waals surface area (Å²) >= 11 is 0. The Morgan fingerprint density at radius 3 is 1.46 bits per heavy atom. The molecule has 1 aromatic carbocycles. The standard InChI is InChI=1S/C6H6.C3H5NO2S/c1-2-4-6-5-3-1;1-3-4-7(2,5)6/h1-6H;1,4H,2H3. The van der Waals surface area contributed by atoms with Gasteiger partial charge in [-0.25, -0.2) is 13.1 Å². The lowest BCUT2D eigenvalue weighted by molar-refractivity contribution is 0.598. The maximum atomic E-state index is 9.98. The van der Waals surface area contributed by atoms with E-state index in [1.165, 1.54) is 0 Å². The van der Waals surface area contributed by atoms with Crippen molar-refractivity contribution in [1.82, 2.24) is 4.72 Å². The van der Waals surface area contributed by atoms with Crippen LogP contribution in [0.3, 0.4) is 0 Å². The number of hydrogen-bond donors (Lipinski definition) is 1. The molecule has 0 unspecified atom stereocenters. The van der Waals surface area contributed by atoms with Crippen molar-refractivity contribution in [2.75, 3.05) is 6.26 Å². The van der Waals surface area contributed by atoms with E-state index >= 15 is 0 Å².